The van der Waals surface area contributed by atoms with Crippen molar-refractivity contribution < 1.29 is 9.59 Å². The first-order valence-electron chi connectivity index (χ1n) is 10.5. The van der Waals surface area contributed by atoms with E-state index in [0.717, 1.165) is 37.2 Å². The quantitative estimate of drug-likeness (QED) is 0.687. The fraction of sp³-hybridized carbons (Fsp3) is 0.478. The lowest BCUT2D eigenvalue weighted by Gasteiger charge is -2.33. The normalized spacial score (nSPS) is 15.2. The van der Waals surface area contributed by atoms with Crippen molar-refractivity contribution in [1.29, 1.82) is 0 Å². The van der Waals surface area contributed by atoms with Gasteiger partial charge in [0.1, 0.15) is 0 Å². The van der Waals surface area contributed by atoms with E-state index >= 15 is 0 Å². The number of nitrogens with zero attached hydrogens (tertiary/aromatic N) is 2. The lowest BCUT2D eigenvalue weighted by molar-refractivity contribution is -0.137. The Morgan fingerprint density at radius 1 is 1.14 bits per heavy atom. The predicted octanol–water partition coefficient (Wildman–Crippen LogP) is 3.17. The third-order valence-corrected chi connectivity index (χ3v) is 6.42. The van der Waals surface area contributed by atoms with Crippen LogP contribution in [0.15, 0.2) is 47.8 Å². The molecule has 3 rings (SSSR count). The van der Waals surface area contributed by atoms with Crippen LogP contribution in [-0.2, 0) is 22.6 Å². The monoisotopic (exact) mass is 413 g/mol. The molecule has 2 amide bonds. The summed E-state index contributed by atoms with van der Waals surface area (Å²) in [6.07, 6.45) is 3.36. The largest absolute Gasteiger partial charge is 0.350 e. The number of nitrogens with one attached hydrogen (secondary N) is 1. The van der Waals surface area contributed by atoms with Crippen LogP contribution in [0.2, 0.25) is 0 Å². The summed E-state index contributed by atoms with van der Waals surface area (Å²) in [5, 5.41) is 4.89. The van der Waals surface area contributed by atoms with Gasteiger partial charge in [0, 0.05) is 11.4 Å². The van der Waals surface area contributed by atoms with Gasteiger partial charge < -0.3 is 10.2 Å². The molecule has 0 aliphatic carbocycles. The molecular weight excluding hydrogens is 382 g/mol. The summed E-state index contributed by atoms with van der Waals surface area (Å²) < 4.78 is 0. The van der Waals surface area contributed by atoms with Crippen LogP contribution in [-0.4, -0.2) is 54.3 Å². The fourth-order valence-electron chi connectivity index (χ4n) is 3.79. The summed E-state index contributed by atoms with van der Waals surface area (Å²) >= 11 is 1.62. The number of likely N-dealkylation sites (N-methyl/N-ethyl adjacent to an activating group) is 1. The van der Waals surface area contributed by atoms with Crippen LogP contribution in [0.5, 0.6) is 0 Å². The van der Waals surface area contributed by atoms with E-state index in [1.807, 2.05) is 24.4 Å². The number of likely N-dealkylation sites (tertiary alicyclic amines) is 1. The maximum Gasteiger partial charge on any atom is 0.239 e. The highest BCUT2D eigenvalue weighted by Crippen LogP contribution is 2.21. The van der Waals surface area contributed by atoms with E-state index in [-0.39, 0.29) is 18.4 Å². The molecule has 2 aromatic rings. The minimum atomic E-state index is -0.102. The molecule has 0 spiro atoms. The Labute approximate surface area is 177 Å². The molecule has 1 aliphatic rings. The Hall–Kier alpha value is -2.18. The number of piperidine rings is 1. The second kappa shape index (κ2) is 11.1. The molecule has 5 nitrogen and oxygen atoms in total. The van der Waals surface area contributed by atoms with Gasteiger partial charge in [-0.3, -0.25) is 14.5 Å². The van der Waals surface area contributed by atoms with Crippen LogP contribution >= 0.6 is 11.3 Å². The van der Waals surface area contributed by atoms with E-state index in [9.17, 15) is 9.59 Å². The summed E-state index contributed by atoms with van der Waals surface area (Å²) in [6, 6.07) is 14.6. The second-order valence-electron chi connectivity index (χ2n) is 7.67. The standard InChI is InChI=1S/C23H31N3O2S/c1-2-26(17-22(27)24-16-21-9-6-14-29-21)23(28)18-25-12-10-20(11-13-25)15-19-7-4-3-5-8-19/h3-9,14,20H,2,10-13,15-18H2,1H3,(H,24,27). The van der Waals surface area contributed by atoms with Gasteiger partial charge in [0.2, 0.25) is 11.8 Å². The zero-order valence-electron chi connectivity index (χ0n) is 17.2. The van der Waals surface area contributed by atoms with Gasteiger partial charge in [-0.05, 0) is 62.2 Å². The highest BCUT2D eigenvalue weighted by atomic mass is 32.1. The van der Waals surface area contributed by atoms with Gasteiger partial charge in [-0.15, -0.1) is 11.3 Å². The first-order valence-corrected chi connectivity index (χ1v) is 11.3. The number of hydrogen-bond donors (Lipinski definition) is 1. The van der Waals surface area contributed by atoms with E-state index in [1.165, 1.54) is 5.56 Å². The summed E-state index contributed by atoms with van der Waals surface area (Å²) in [4.78, 5) is 29.9. The lowest BCUT2D eigenvalue weighted by atomic mass is 9.90. The molecule has 6 heteroatoms. The summed E-state index contributed by atoms with van der Waals surface area (Å²) in [6.45, 7) is 5.44. The van der Waals surface area contributed by atoms with Gasteiger partial charge in [-0.2, -0.15) is 0 Å². The average molecular weight is 414 g/mol. The molecule has 2 heterocycles. The van der Waals surface area contributed by atoms with E-state index in [0.29, 0.717) is 25.6 Å². The van der Waals surface area contributed by atoms with Gasteiger partial charge in [-0.1, -0.05) is 36.4 Å². The van der Waals surface area contributed by atoms with Crippen LogP contribution in [0.25, 0.3) is 0 Å². The second-order valence-corrected chi connectivity index (χ2v) is 8.71. The smallest absolute Gasteiger partial charge is 0.239 e. The Kier molecular flexibility index (Phi) is 8.25. The molecule has 0 saturated carbocycles. The van der Waals surface area contributed by atoms with Gasteiger partial charge >= 0.3 is 0 Å². The molecule has 1 fully saturated rings. The van der Waals surface area contributed by atoms with E-state index in [2.05, 4.69) is 40.5 Å². The molecule has 29 heavy (non-hydrogen) atoms. The number of amides is 2. The molecule has 1 saturated heterocycles. The van der Waals surface area contributed by atoms with Crippen LogP contribution in [0.4, 0.5) is 0 Å². The third kappa shape index (κ3) is 6.98. The van der Waals surface area contributed by atoms with Gasteiger partial charge in [0.05, 0.1) is 19.6 Å². The summed E-state index contributed by atoms with van der Waals surface area (Å²) in [5.41, 5.74) is 1.40. The van der Waals surface area contributed by atoms with Crippen LogP contribution < -0.4 is 5.32 Å². The molecule has 0 radical (unpaired) electrons. The van der Waals surface area contributed by atoms with Crippen LogP contribution in [0, 0.1) is 5.92 Å². The Bertz CT molecular complexity index is 756. The highest BCUT2D eigenvalue weighted by molar-refractivity contribution is 7.09. The van der Waals surface area contributed by atoms with Gasteiger partial charge in [0.25, 0.3) is 0 Å². The summed E-state index contributed by atoms with van der Waals surface area (Å²) in [5.74, 6) is 0.629. The highest BCUT2D eigenvalue weighted by Gasteiger charge is 2.23. The van der Waals surface area contributed by atoms with Crippen LogP contribution in [0.1, 0.15) is 30.2 Å². The van der Waals surface area contributed by atoms with Crippen molar-refractivity contribution in [2.24, 2.45) is 5.92 Å². The number of carbonyl (C=O) groups excluding carboxylic acids is 2. The number of carbonyl (C=O) groups is 2. The van der Waals surface area contributed by atoms with Crippen LogP contribution in [0.3, 0.4) is 0 Å². The number of hydrogen-bond acceptors (Lipinski definition) is 4. The Balaban J connectivity index is 1.38. The zero-order valence-corrected chi connectivity index (χ0v) is 18.0. The van der Waals surface area contributed by atoms with Crippen molar-refractivity contribution in [3.63, 3.8) is 0 Å². The van der Waals surface area contributed by atoms with Crippen molar-refractivity contribution in [3.05, 3.63) is 58.3 Å². The van der Waals surface area contributed by atoms with E-state index in [1.54, 1.807) is 16.2 Å². The maximum atomic E-state index is 12.7. The fourth-order valence-corrected chi connectivity index (χ4v) is 4.44. The number of benzene rings is 1. The third-order valence-electron chi connectivity index (χ3n) is 5.54. The summed E-state index contributed by atoms with van der Waals surface area (Å²) in [7, 11) is 0. The lowest BCUT2D eigenvalue weighted by Crippen LogP contribution is -2.46. The van der Waals surface area contributed by atoms with Crippen molar-refractivity contribution >= 4 is 23.2 Å². The van der Waals surface area contributed by atoms with Gasteiger partial charge in [-0.25, -0.2) is 0 Å². The molecule has 1 aromatic carbocycles. The number of thiophene rings is 1. The molecule has 0 unspecified atom stereocenters. The van der Waals surface area contributed by atoms with Crippen molar-refractivity contribution in [2.45, 2.75) is 32.7 Å². The first-order chi connectivity index (χ1) is 14.1. The molecule has 0 atom stereocenters. The van der Waals surface area contributed by atoms with E-state index in [4.69, 9.17) is 0 Å². The minimum absolute atomic E-state index is 0.0419. The maximum absolute atomic E-state index is 12.7. The average Bonchev–Trinajstić information content (AvgIpc) is 3.26. The van der Waals surface area contributed by atoms with Crippen molar-refractivity contribution in [1.82, 2.24) is 15.1 Å². The molecule has 156 valence electrons. The van der Waals surface area contributed by atoms with Crippen molar-refractivity contribution in [2.75, 3.05) is 32.7 Å². The molecular formula is C23H31N3O2S. The Morgan fingerprint density at radius 3 is 2.55 bits per heavy atom. The van der Waals surface area contributed by atoms with E-state index < -0.39 is 0 Å². The SMILES string of the molecule is CCN(CC(=O)NCc1cccs1)C(=O)CN1CCC(Cc2ccccc2)CC1. The van der Waals surface area contributed by atoms with Crippen molar-refractivity contribution in [3.8, 4) is 0 Å². The molecule has 1 aromatic heterocycles. The molecule has 1 N–H and O–H groups in total. The predicted molar refractivity (Wildman–Crippen MR) is 118 cm³/mol. The minimum Gasteiger partial charge on any atom is -0.350 e. The topological polar surface area (TPSA) is 52.7 Å². The first kappa shape index (κ1) is 21.5. The molecule has 0 bridgehead atoms. The van der Waals surface area contributed by atoms with Gasteiger partial charge in [0.15, 0.2) is 0 Å². The Morgan fingerprint density at radius 2 is 1.90 bits per heavy atom. The number of rotatable bonds is 9. The molecule has 1 aliphatic heterocycles. The zero-order chi connectivity index (χ0) is 20.5.